The molecule has 2 N–H and O–H groups in total. The molecule has 2 aromatic rings. The predicted octanol–water partition coefficient (Wildman–Crippen LogP) is 1.97. The number of nitrogens with one attached hydrogen (secondary N) is 2. The van der Waals surface area contributed by atoms with E-state index >= 15 is 0 Å². The van der Waals surface area contributed by atoms with E-state index in [2.05, 4.69) is 20.1 Å². The molecule has 0 aliphatic carbocycles. The highest BCUT2D eigenvalue weighted by atomic mass is 16.5. The van der Waals surface area contributed by atoms with Crippen molar-refractivity contribution in [1.29, 1.82) is 0 Å². The fraction of sp³-hybridized carbons (Fsp3) is 0.261. The van der Waals surface area contributed by atoms with Gasteiger partial charge in [0.05, 0.1) is 25.3 Å². The van der Waals surface area contributed by atoms with Gasteiger partial charge in [-0.3, -0.25) is 14.5 Å². The smallest absolute Gasteiger partial charge is 0.337 e. The van der Waals surface area contributed by atoms with Crippen molar-refractivity contribution in [2.45, 2.75) is 19.4 Å². The Labute approximate surface area is 189 Å². The summed E-state index contributed by atoms with van der Waals surface area (Å²) in [6, 6.07) is 10.3. The van der Waals surface area contributed by atoms with Gasteiger partial charge >= 0.3 is 18.0 Å². The fourth-order valence-corrected chi connectivity index (χ4v) is 3.44. The minimum Gasteiger partial charge on any atom is -0.465 e. The molecule has 0 radical (unpaired) electrons. The van der Waals surface area contributed by atoms with Crippen molar-refractivity contribution in [2.75, 3.05) is 26.1 Å². The van der Waals surface area contributed by atoms with Crippen molar-refractivity contribution < 1.29 is 33.4 Å². The third-order valence-electron chi connectivity index (χ3n) is 5.26. The van der Waals surface area contributed by atoms with E-state index in [1.54, 1.807) is 19.1 Å². The minimum atomic E-state index is -1.31. The molecule has 0 unspecified atom stereocenters. The molecule has 2 aromatic carbocycles. The molecule has 4 amide bonds. The highest BCUT2D eigenvalue weighted by molar-refractivity contribution is 6.10. The average Bonchev–Trinajstić information content (AvgIpc) is 3.01. The number of imide groups is 1. The number of esters is 2. The van der Waals surface area contributed by atoms with Crippen LogP contribution < -0.4 is 10.6 Å². The molecular weight excluding hydrogens is 430 g/mol. The van der Waals surface area contributed by atoms with Crippen LogP contribution in [-0.2, 0) is 24.6 Å². The van der Waals surface area contributed by atoms with Gasteiger partial charge in [-0.15, -0.1) is 0 Å². The molecule has 0 aromatic heterocycles. The van der Waals surface area contributed by atoms with E-state index in [0.29, 0.717) is 5.56 Å². The van der Waals surface area contributed by atoms with Crippen molar-refractivity contribution in [3.8, 4) is 0 Å². The lowest BCUT2D eigenvalue weighted by atomic mass is 9.91. The summed E-state index contributed by atoms with van der Waals surface area (Å²) in [6.45, 7) is 2.90. The highest BCUT2D eigenvalue weighted by Crippen LogP contribution is 2.29. The molecule has 0 saturated carbocycles. The van der Waals surface area contributed by atoms with Gasteiger partial charge in [-0.1, -0.05) is 29.8 Å². The van der Waals surface area contributed by atoms with Crippen LogP contribution in [-0.4, -0.2) is 55.4 Å². The second kappa shape index (κ2) is 9.11. The zero-order chi connectivity index (χ0) is 24.3. The Bertz CT molecular complexity index is 1110. The number of carbonyl (C=O) groups is 5. The van der Waals surface area contributed by atoms with E-state index in [1.165, 1.54) is 32.4 Å². The van der Waals surface area contributed by atoms with Gasteiger partial charge in [0.2, 0.25) is 5.91 Å². The van der Waals surface area contributed by atoms with E-state index in [0.717, 1.165) is 10.5 Å². The summed E-state index contributed by atoms with van der Waals surface area (Å²) >= 11 is 0. The second-order valence-corrected chi connectivity index (χ2v) is 7.64. The van der Waals surface area contributed by atoms with Crippen molar-refractivity contribution in [2.24, 2.45) is 0 Å². The number of hydrogen-bond acceptors (Lipinski definition) is 7. The number of urea groups is 1. The molecule has 0 spiro atoms. The maximum atomic E-state index is 13.0. The summed E-state index contributed by atoms with van der Waals surface area (Å²) in [5.74, 6) is -2.73. The molecule has 10 nitrogen and oxygen atoms in total. The number of nitrogens with zero attached hydrogens (tertiary/aromatic N) is 1. The monoisotopic (exact) mass is 453 g/mol. The molecule has 10 heteroatoms. The number of benzene rings is 2. The normalized spacial score (nSPS) is 17.4. The van der Waals surface area contributed by atoms with Crippen molar-refractivity contribution in [3.05, 3.63) is 64.7 Å². The number of carbonyl (C=O) groups excluding carboxylic acids is 5. The molecule has 1 saturated heterocycles. The molecule has 1 heterocycles. The lowest BCUT2D eigenvalue weighted by molar-refractivity contribution is -0.133. The van der Waals surface area contributed by atoms with E-state index in [9.17, 15) is 24.0 Å². The van der Waals surface area contributed by atoms with Gasteiger partial charge in [-0.2, -0.15) is 0 Å². The largest absolute Gasteiger partial charge is 0.465 e. The quantitative estimate of drug-likeness (QED) is 0.505. The van der Waals surface area contributed by atoms with Crippen LogP contribution in [0.25, 0.3) is 0 Å². The summed E-state index contributed by atoms with van der Waals surface area (Å²) in [6.07, 6.45) is 0. The molecule has 172 valence electrons. The van der Waals surface area contributed by atoms with Gasteiger partial charge in [-0.05, 0) is 37.6 Å². The first-order valence-corrected chi connectivity index (χ1v) is 9.92. The number of hydrogen-bond donors (Lipinski definition) is 2. The van der Waals surface area contributed by atoms with Crippen molar-refractivity contribution >= 4 is 35.5 Å². The van der Waals surface area contributed by atoms with Crippen LogP contribution in [0.5, 0.6) is 0 Å². The molecular formula is C23H23N3O7. The van der Waals surface area contributed by atoms with Gasteiger partial charge in [0, 0.05) is 5.69 Å². The van der Waals surface area contributed by atoms with Gasteiger partial charge < -0.3 is 20.1 Å². The van der Waals surface area contributed by atoms with E-state index in [1.807, 2.05) is 19.1 Å². The van der Waals surface area contributed by atoms with Crippen LogP contribution in [0.2, 0.25) is 0 Å². The first-order chi connectivity index (χ1) is 15.6. The summed E-state index contributed by atoms with van der Waals surface area (Å²) < 4.78 is 9.33. The van der Waals surface area contributed by atoms with Crippen LogP contribution >= 0.6 is 0 Å². The Kier molecular flexibility index (Phi) is 6.47. The Balaban J connectivity index is 1.80. The van der Waals surface area contributed by atoms with Crippen molar-refractivity contribution in [1.82, 2.24) is 10.2 Å². The highest BCUT2D eigenvalue weighted by Gasteiger charge is 2.49. The maximum absolute atomic E-state index is 13.0. The average molecular weight is 453 g/mol. The van der Waals surface area contributed by atoms with Gasteiger partial charge in [-0.25, -0.2) is 14.4 Å². The summed E-state index contributed by atoms with van der Waals surface area (Å²) in [5, 5.41) is 5.13. The Morgan fingerprint density at radius 3 is 2.03 bits per heavy atom. The number of aryl methyl sites for hydroxylation is 1. The summed E-state index contributed by atoms with van der Waals surface area (Å²) in [4.78, 5) is 62.8. The maximum Gasteiger partial charge on any atom is 0.337 e. The molecule has 1 atom stereocenters. The minimum absolute atomic E-state index is 0.0117. The molecule has 1 aliphatic heterocycles. The fourth-order valence-electron chi connectivity index (χ4n) is 3.44. The van der Waals surface area contributed by atoms with Gasteiger partial charge in [0.25, 0.3) is 5.91 Å². The lowest BCUT2D eigenvalue weighted by Crippen LogP contribution is -2.42. The number of amides is 4. The summed E-state index contributed by atoms with van der Waals surface area (Å²) in [7, 11) is 2.35. The lowest BCUT2D eigenvalue weighted by Gasteiger charge is -2.22. The van der Waals surface area contributed by atoms with Crippen LogP contribution in [0.15, 0.2) is 42.5 Å². The second-order valence-electron chi connectivity index (χ2n) is 7.64. The molecule has 0 bridgehead atoms. The number of anilines is 1. The molecule has 1 fully saturated rings. The molecule has 33 heavy (non-hydrogen) atoms. The van der Waals surface area contributed by atoms with Crippen LogP contribution in [0, 0.1) is 6.92 Å². The SMILES string of the molecule is COC(=O)c1cc(NC(=O)CN2C(=O)N[C@](C)(c3ccc(C)cc3)C2=O)cc(C(=O)OC)c1. The topological polar surface area (TPSA) is 131 Å². The molecule has 3 rings (SSSR count). The van der Waals surface area contributed by atoms with Gasteiger partial charge in [0.15, 0.2) is 0 Å². The third kappa shape index (κ3) is 4.69. The third-order valence-corrected chi connectivity index (χ3v) is 5.26. The first-order valence-electron chi connectivity index (χ1n) is 9.92. The van der Waals surface area contributed by atoms with Gasteiger partial charge in [0.1, 0.15) is 12.1 Å². The Hall–Kier alpha value is -4.21. The summed E-state index contributed by atoms with van der Waals surface area (Å²) in [5.41, 5.74) is 0.388. The van der Waals surface area contributed by atoms with Crippen molar-refractivity contribution in [3.63, 3.8) is 0 Å². The van der Waals surface area contributed by atoms with E-state index < -0.39 is 41.9 Å². The van der Waals surface area contributed by atoms with E-state index in [-0.39, 0.29) is 16.8 Å². The number of rotatable bonds is 6. The predicted molar refractivity (Wildman–Crippen MR) is 117 cm³/mol. The molecule has 1 aliphatic rings. The number of ether oxygens (including phenoxy) is 2. The first kappa shape index (κ1) is 23.5. The van der Waals surface area contributed by atoms with Crippen LogP contribution in [0.1, 0.15) is 38.8 Å². The zero-order valence-corrected chi connectivity index (χ0v) is 18.6. The van der Waals surface area contributed by atoms with Crippen LogP contribution in [0.3, 0.4) is 0 Å². The van der Waals surface area contributed by atoms with Crippen LogP contribution in [0.4, 0.5) is 10.5 Å². The zero-order valence-electron chi connectivity index (χ0n) is 18.6. The Morgan fingerprint density at radius 2 is 1.52 bits per heavy atom. The standard InChI is InChI=1S/C23H23N3O7/c1-13-5-7-16(8-6-13)23(2)21(30)26(22(31)25-23)12-18(27)24-17-10-14(19(28)32-3)9-15(11-17)20(29)33-4/h5-11H,12H2,1-4H3,(H,24,27)(H,25,31)/t23-/m1/s1. The Morgan fingerprint density at radius 1 is 0.970 bits per heavy atom. The van der Waals surface area contributed by atoms with E-state index in [4.69, 9.17) is 0 Å². The number of methoxy groups -OCH3 is 2.